The van der Waals surface area contributed by atoms with Crippen LogP contribution in [0.25, 0.3) is 0 Å². The van der Waals surface area contributed by atoms with Crippen molar-refractivity contribution in [1.29, 1.82) is 0 Å². The van der Waals surface area contributed by atoms with Crippen LogP contribution in [0.2, 0.25) is 0 Å². The third kappa shape index (κ3) is 49.4. The van der Waals surface area contributed by atoms with Crippen LogP contribution in [0.1, 0.15) is 271 Å². The monoisotopic (exact) mass is 1060 g/mol. The molecule has 75 heavy (non-hydrogen) atoms. The van der Waals surface area contributed by atoms with Crippen LogP contribution in [-0.4, -0.2) is 110 Å². The molecule has 12 heteroatoms. The van der Waals surface area contributed by atoms with E-state index in [9.17, 15) is 29.7 Å². The van der Waals surface area contributed by atoms with Gasteiger partial charge in [-0.25, -0.2) is 0 Å². The molecule has 0 aliphatic heterocycles. The normalized spacial score (nSPS) is 13.9. The van der Waals surface area contributed by atoms with Gasteiger partial charge in [-0.3, -0.25) is 14.4 Å². The molecule has 0 saturated heterocycles. The molecule has 0 heterocycles. The molecule has 0 saturated carbocycles. The lowest BCUT2D eigenvalue weighted by Crippen LogP contribution is -2.45. The third-order valence-electron chi connectivity index (χ3n) is 13.9. The second-order valence-electron chi connectivity index (χ2n) is 21.0. The molecule has 0 rings (SSSR count). The quantitative estimate of drug-likeness (QED) is 0.0174. The van der Waals surface area contributed by atoms with Gasteiger partial charge in [-0.2, -0.15) is 0 Å². The second kappa shape index (κ2) is 57.6. The summed E-state index contributed by atoms with van der Waals surface area (Å²) >= 11 is 0. The van der Waals surface area contributed by atoms with E-state index in [0.29, 0.717) is 39.1 Å². The van der Waals surface area contributed by atoms with Crippen LogP contribution in [0.3, 0.4) is 0 Å². The largest absolute Gasteiger partial charge is 0.463 e. The van der Waals surface area contributed by atoms with Crippen LogP contribution >= 0.6 is 0 Å². The first kappa shape index (κ1) is 72.4. The first-order chi connectivity index (χ1) is 36.8. The molecule has 4 atom stereocenters. The zero-order valence-corrected chi connectivity index (χ0v) is 48.5. The summed E-state index contributed by atoms with van der Waals surface area (Å²) in [6.45, 7) is 8.02. The average Bonchev–Trinajstić information content (AvgIpc) is 3.41. The number of carbonyl (C=O) groups is 3. The number of ether oxygens (including phenoxy) is 6. The van der Waals surface area contributed by atoms with Crippen LogP contribution in [0.15, 0.2) is 36.5 Å². The van der Waals surface area contributed by atoms with Crippen LogP contribution < -0.4 is 0 Å². The van der Waals surface area contributed by atoms with Crippen LogP contribution in [0.4, 0.5) is 0 Å². The Morgan fingerprint density at radius 3 is 1.17 bits per heavy atom. The summed E-state index contributed by atoms with van der Waals surface area (Å²) in [5, 5.41) is 27.7. The fourth-order valence-corrected chi connectivity index (χ4v) is 9.38. The van der Waals surface area contributed by atoms with Crippen LogP contribution in [-0.2, 0) is 42.8 Å². The molecule has 0 aliphatic carbocycles. The number of hydrogen-bond acceptors (Lipinski definition) is 12. The van der Waals surface area contributed by atoms with Crippen LogP contribution in [0.5, 0.6) is 0 Å². The van der Waals surface area contributed by atoms with E-state index in [1.54, 1.807) is 0 Å². The van der Waals surface area contributed by atoms with E-state index in [0.717, 1.165) is 167 Å². The Bertz CT molecular complexity index is 1320. The number of aliphatic hydroxyl groups is 3. The Balaban J connectivity index is 5.13. The van der Waals surface area contributed by atoms with E-state index < -0.39 is 5.60 Å². The molecule has 12 nitrogen and oxygen atoms in total. The minimum Gasteiger partial charge on any atom is -0.463 e. The van der Waals surface area contributed by atoms with Crippen molar-refractivity contribution in [1.82, 2.24) is 0 Å². The van der Waals surface area contributed by atoms with E-state index >= 15 is 0 Å². The number of unbranched alkanes of at least 4 members (excludes halogenated alkanes) is 24. The minimum absolute atomic E-state index is 0.0470. The summed E-state index contributed by atoms with van der Waals surface area (Å²) in [5.74, 6) is -0.694. The van der Waals surface area contributed by atoms with Gasteiger partial charge in [0.25, 0.3) is 6.47 Å². The standard InChI is InChI=1S/C63H116O12/c1-4-7-10-31-40-58(71-52-49-64)43-34-25-19-13-15-22-28-37-46-61(68)74-56-63(55-70-57-67,48-39-30-24-18-17-21-27-36-45-60(73-54-51-66)42-33-12-9-6-3)75-62(69)47-38-29-23-16-14-20-26-35-44-59(72-53-50-65)41-32-11-8-5-2/h25-27,34-36,57-60,64-66H,4-24,28-33,37-56H2,1-3H3/b34-25+,35-26-,36-27+. The SMILES string of the molecule is CCCCCCC(C/C=C\CCCCCCCC(=O)OC(CCCCCCC/C=C/CC(CCCCCC)OCCO)(COC=O)COC(=O)CCCCCCC/C=C/CC(CCCCCC)OCCO)OCCO. The third-order valence-corrected chi connectivity index (χ3v) is 13.9. The number of esters is 2. The van der Waals surface area contributed by atoms with E-state index in [4.69, 9.17) is 28.4 Å². The van der Waals surface area contributed by atoms with E-state index in [1.165, 1.54) is 57.8 Å². The molecule has 0 bridgehead atoms. The fraction of sp³-hybridized carbons (Fsp3) is 0.857. The van der Waals surface area contributed by atoms with Crippen molar-refractivity contribution in [3.8, 4) is 0 Å². The van der Waals surface area contributed by atoms with E-state index in [-0.39, 0.29) is 76.1 Å². The fourth-order valence-electron chi connectivity index (χ4n) is 9.38. The van der Waals surface area contributed by atoms with Crippen molar-refractivity contribution >= 4 is 18.4 Å². The summed E-state index contributed by atoms with van der Waals surface area (Å²) in [7, 11) is 0. The molecule has 4 unspecified atom stereocenters. The summed E-state index contributed by atoms with van der Waals surface area (Å²) in [6.07, 6.45) is 52.4. The van der Waals surface area contributed by atoms with Gasteiger partial charge in [-0.1, -0.05) is 192 Å². The summed E-state index contributed by atoms with van der Waals surface area (Å²) in [4.78, 5) is 38.0. The molecule has 0 aliphatic rings. The number of carbonyl (C=O) groups excluding carboxylic acids is 3. The van der Waals surface area contributed by atoms with Gasteiger partial charge in [0.15, 0.2) is 5.60 Å². The van der Waals surface area contributed by atoms with Crippen molar-refractivity contribution in [2.75, 3.05) is 52.9 Å². The Labute approximate surface area is 459 Å². The average molecular weight is 1070 g/mol. The minimum atomic E-state index is -1.24. The maximum atomic E-state index is 13.4. The number of aliphatic hydroxyl groups excluding tert-OH is 3. The molecule has 0 aromatic heterocycles. The Morgan fingerprint density at radius 2 is 0.787 bits per heavy atom. The topological polar surface area (TPSA) is 167 Å². The smallest absolute Gasteiger partial charge is 0.306 e. The Kier molecular flexibility index (Phi) is 55.6. The molecule has 3 N–H and O–H groups in total. The maximum absolute atomic E-state index is 13.4. The Hall–Kier alpha value is -2.61. The number of rotatable bonds is 60. The van der Waals surface area contributed by atoms with Gasteiger partial charge in [0, 0.05) is 12.8 Å². The highest BCUT2D eigenvalue weighted by Crippen LogP contribution is 2.25. The molecule has 0 fully saturated rings. The predicted molar refractivity (Wildman–Crippen MR) is 307 cm³/mol. The highest BCUT2D eigenvalue weighted by molar-refractivity contribution is 5.70. The van der Waals surface area contributed by atoms with Crippen molar-refractivity contribution in [2.45, 2.75) is 295 Å². The second-order valence-corrected chi connectivity index (χ2v) is 21.0. The lowest BCUT2D eigenvalue weighted by atomic mass is 9.96. The Morgan fingerprint density at radius 1 is 0.427 bits per heavy atom. The first-order valence-electron chi connectivity index (χ1n) is 30.9. The van der Waals surface area contributed by atoms with Crippen LogP contribution in [0, 0.1) is 0 Å². The lowest BCUT2D eigenvalue weighted by molar-refractivity contribution is -0.183. The van der Waals surface area contributed by atoms with Gasteiger partial charge in [0.1, 0.15) is 13.2 Å². The molecule has 0 amide bonds. The van der Waals surface area contributed by atoms with Gasteiger partial charge in [0.2, 0.25) is 0 Å². The molecule has 0 aromatic rings. The predicted octanol–water partition coefficient (Wildman–Crippen LogP) is 15.1. The zero-order chi connectivity index (χ0) is 54.8. The van der Waals surface area contributed by atoms with Crippen molar-refractivity contribution in [2.24, 2.45) is 0 Å². The molecular weight excluding hydrogens is 949 g/mol. The van der Waals surface area contributed by atoms with Gasteiger partial charge >= 0.3 is 11.9 Å². The molecular formula is C63H116O12. The highest BCUT2D eigenvalue weighted by Gasteiger charge is 2.37. The highest BCUT2D eigenvalue weighted by atomic mass is 16.6. The van der Waals surface area contributed by atoms with Crippen molar-refractivity contribution in [3.05, 3.63) is 36.5 Å². The van der Waals surface area contributed by atoms with Gasteiger partial charge in [-0.05, 0) is 103 Å². The molecule has 0 spiro atoms. The first-order valence-corrected chi connectivity index (χ1v) is 30.9. The summed E-state index contributed by atoms with van der Waals surface area (Å²) in [6, 6.07) is 0. The summed E-state index contributed by atoms with van der Waals surface area (Å²) < 4.78 is 34.9. The molecule has 440 valence electrons. The summed E-state index contributed by atoms with van der Waals surface area (Å²) in [5.41, 5.74) is -1.24. The lowest BCUT2D eigenvalue weighted by Gasteiger charge is -2.32. The molecule has 0 radical (unpaired) electrons. The zero-order valence-electron chi connectivity index (χ0n) is 48.5. The van der Waals surface area contributed by atoms with Gasteiger partial charge < -0.3 is 43.7 Å². The number of hydrogen-bond donors (Lipinski definition) is 3. The van der Waals surface area contributed by atoms with Crippen molar-refractivity contribution < 1.29 is 58.1 Å². The maximum Gasteiger partial charge on any atom is 0.306 e. The van der Waals surface area contributed by atoms with Gasteiger partial charge in [0.05, 0.1) is 58.0 Å². The number of allylic oxidation sites excluding steroid dienone is 3. The van der Waals surface area contributed by atoms with E-state index in [1.807, 2.05) is 0 Å². The van der Waals surface area contributed by atoms with Crippen molar-refractivity contribution in [3.63, 3.8) is 0 Å². The van der Waals surface area contributed by atoms with E-state index in [2.05, 4.69) is 57.2 Å². The molecule has 0 aromatic carbocycles. The van der Waals surface area contributed by atoms with Gasteiger partial charge in [-0.15, -0.1) is 0 Å².